The number of piperazine rings is 1. The highest BCUT2D eigenvalue weighted by Crippen LogP contribution is 2.24. The second kappa shape index (κ2) is 7.23. The van der Waals surface area contributed by atoms with Crippen molar-refractivity contribution in [2.24, 2.45) is 0 Å². The lowest BCUT2D eigenvalue weighted by Crippen LogP contribution is -2.51. The summed E-state index contributed by atoms with van der Waals surface area (Å²) in [7, 11) is 0. The lowest BCUT2D eigenvalue weighted by molar-refractivity contribution is 0.612. The lowest BCUT2D eigenvalue weighted by Gasteiger charge is -2.38. The fourth-order valence-corrected chi connectivity index (χ4v) is 3.50. The number of para-hydroxylation sites is 1. The molecule has 4 rings (SSSR count). The van der Waals surface area contributed by atoms with Gasteiger partial charge in [-0.3, -0.25) is 9.59 Å². The van der Waals surface area contributed by atoms with Crippen molar-refractivity contribution in [2.45, 2.75) is 6.54 Å². The molecule has 0 radical (unpaired) electrons. The van der Waals surface area contributed by atoms with E-state index in [1.165, 1.54) is 6.07 Å². The number of benzene rings is 2. The average Bonchev–Trinajstić information content (AvgIpc) is 2.72. The Morgan fingerprint density at radius 3 is 2.15 bits per heavy atom. The molecule has 3 aromatic carbocycles. The maximum absolute atomic E-state index is 13.8. The van der Waals surface area contributed by atoms with Crippen molar-refractivity contribution in [3.63, 3.8) is 0 Å². The van der Waals surface area contributed by atoms with E-state index in [9.17, 15) is 14.0 Å². The van der Waals surface area contributed by atoms with Crippen LogP contribution in [0.4, 0.5) is 21.5 Å². The zero-order valence-corrected chi connectivity index (χ0v) is 14.8. The SMILES string of the molecule is O=c1c(NCc2ccccc2F)c(N2CCN(c3ccccc3)CC2)c1=O. The standard InChI is InChI=1S/C21H20FN3O2/c22-17-9-5-4-6-15(17)14-23-18-19(21(27)20(18)26)25-12-10-24(11-13-25)16-7-2-1-3-8-16/h1-9,23H,10-14H2. The van der Waals surface area contributed by atoms with Gasteiger partial charge in [0.25, 0.3) is 10.9 Å². The van der Waals surface area contributed by atoms with Crippen molar-refractivity contribution in [3.05, 3.63) is 86.4 Å². The smallest absolute Gasteiger partial charge is 0.253 e. The van der Waals surface area contributed by atoms with Crippen molar-refractivity contribution in [3.8, 4) is 0 Å². The van der Waals surface area contributed by atoms with E-state index in [0.717, 1.165) is 18.8 Å². The van der Waals surface area contributed by atoms with Gasteiger partial charge < -0.3 is 15.1 Å². The van der Waals surface area contributed by atoms with E-state index in [0.29, 0.717) is 30.0 Å². The van der Waals surface area contributed by atoms with Gasteiger partial charge in [0.05, 0.1) is 0 Å². The van der Waals surface area contributed by atoms with Crippen LogP contribution in [-0.2, 0) is 6.54 Å². The summed E-state index contributed by atoms with van der Waals surface area (Å²) < 4.78 is 13.8. The summed E-state index contributed by atoms with van der Waals surface area (Å²) in [6.45, 7) is 3.04. The van der Waals surface area contributed by atoms with Gasteiger partial charge in [0.15, 0.2) is 0 Å². The third-order valence-corrected chi connectivity index (χ3v) is 5.02. The van der Waals surface area contributed by atoms with Gasteiger partial charge in [-0.2, -0.15) is 0 Å². The Hall–Kier alpha value is -3.15. The molecule has 138 valence electrons. The second-order valence-corrected chi connectivity index (χ2v) is 6.64. The summed E-state index contributed by atoms with van der Waals surface area (Å²) in [5.41, 5.74) is 1.37. The molecule has 3 aromatic rings. The lowest BCUT2D eigenvalue weighted by atomic mass is 10.1. The van der Waals surface area contributed by atoms with E-state index in [2.05, 4.69) is 22.3 Å². The molecule has 6 heteroatoms. The minimum atomic E-state index is -0.521. The fourth-order valence-electron chi connectivity index (χ4n) is 3.50. The van der Waals surface area contributed by atoms with Gasteiger partial charge in [-0.15, -0.1) is 0 Å². The Morgan fingerprint density at radius 2 is 1.44 bits per heavy atom. The number of hydrogen-bond donors (Lipinski definition) is 1. The van der Waals surface area contributed by atoms with Gasteiger partial charge in [-0.05, 0) is 18.2 Å². The predicted octanol–water partition coefficient (Wildman–Crippen LogP) is 2.36. The van der Waals surface area contributed by atoms with E-state index >= 15 is 0 Å². The van der Waals surface area contributed by atoms with Gasteiger partial charge in [-0.25, -0.2) is 4.39 Å². The van der Waals surface area contributed by atoms with Gasteiger partial charge in [-0.1, -0.05) is 36.4 Å². The van der Waals surface area contributed by atoms with Gasteiger partial charge in [0, 0.05) is 44.0 Å². The summed E-state index contributed by atoms with van der Waals surface area (Å²) in [5, 5.41) is 2.96. The molecule has 1 aliphatic rings. The summed E-state index contributed by atoms with van der Waals surface area (Å²) in [6, 6.07) is 16.5. The largest absolute Gasteiger partial charge is 0.376 e. The van der Waals surface area contributed by atoms with Gasteiger partial charge in [0.2, 0.25) is 0 Å². The third-order valence-electron chi connectivity index (χ3n) is 5.02. The molecule has 0 spiro atoms. The maximum Gasteiger partial charge on any atom is 0.253 e. The highest BCUT2D eigenvalue weighted by atomic mass is 19.1. The number of rotatable bonds is 5. The maximum atomic E-state index is 13.8. The molecule has 0 bridgehead atoms. The van der Waals surface area contributed by atoms with Crippen molar-refractivity contribution in [2.75, 3.05) is 41.3 Å². The van der Waals surface area contributed by atoms with Crippen LogP contribution in [0, 0.1) is 5.82 Å². The quantitative estimate of drug-likeness (QED) is 0.704. The summed E-state index contributed by atoms with van der Waals surface area (Å²) in [6.07, 6.45) is 0. The van der Waals surface area contributed by atoms with E-state index in [1.54, 1.807) is 18.2 Å². The second-order valence-electron chi connectivity index (χ2n) is 6.64. The van der Waals surface area contributed by atoms with E-state index in [1.807, 2.05) is 23.1 Å². The first-order valence-corrected chi connectivity index (χ1v) is 9.00. The summed E-state index contributed by atoms with van der Waals surface area (Å²) in [5.74, 6) is -0.332. The highest BCUT2D eigenvalue weighted by molar-refractivity contribution is 5.75. The van der Waals surface area contributed by atoms with Crippen LogP contribution in [0.3, 0.4) is 0 Å². The van der Waals surface area contributed by atoms with Crippen LogP contribution < -0.4 is 26.0 Å². The molecule has 1 heterocycles. The molecule has 0 saturated carbocycles. The van der Waals surface area contributed by atoms with E-state index in [4.69, 9.17) is 0 Å². The molecule has 0 atom stereocenters. The van der Waals surface area contributed by atoms with Crippen molar-refractivity contribution in [1.29, 1.82) is 0 Å². The Morgan fingerprint density at radius 1 is 0.815 bits per heavy atom. The van der Waals surface area contributed by atoms with Crippen molar-refractivity contribution in [1.82, 2.24) is 0 Å². The Labute approximate surface area is 156 Å². The van der Waals surface area contributed by atoms with Crippen LogP contribution in [-0.4, -0.2) is 26.2 Å². The van der Waals surface area contributed by atoms with E-state index in [-0.39, 0.29) is 12.4 Å². The Kier molecular flexibility index (Phi) is 4.62. The minimum Gasteiger partial charge on any atom is -0.376 e. The first-order valence-electron chi connectivity index (χ1n) is 9.00. The van der Waals surface area contributed by atoms with E-state index < -0.39 is 10.9 Å². The zero-order chi connectivity index (χ0) is 18.8. The molecule has 0 amide bonds. The molecule has 1 saturated heterocycles. The Bertz CT molecular complexity index is 1000. The average molecular weight is 365 g/mol. The molecule has 0 aliphatic carbocycles. The van der Waals surface area contributed by atoms with Crippen molar-refractivity contribution >= 4 is 17.1 Å². The number of anilines is 3. The molecule has 5 nitrogen and oxygen atoms in total. The van der Waals surface area contributed by atoms with Crippen LogP contribution >= 0.6 is 0 Å². The Balaban J connectivity index is 1.45. The molecular weight excluding hydrogens is 345 g/mol. The minimum absolute atomic E-state index is 0.175. The normalized spacial score (nSPS) is 14.6. The molecule has 1 aliphatic heterocycles. The van der Waals surface area contributed by atoms with Gasteiger partial charge >= 0.3 is 0 Å². The molecule has 0 unspecified atom stereocenters. The molecular formula is C21H20FN3O2. The zero-order valence-electron chi connectivity index (χ0n) is 14.8. The number of hydrogen-bond acceptors (Lipinski definition) is 5. The predicted molar refractivity (Wildman–Crippen MR) is 106 cm³/mol. The monoisotopic (exact) mass is 365 g/mol. The number of halogens is 1. The highest BCUT2D eigenvalue weighted by Gasteiger charge is 2.28. The van der Waals surface area contributed by atoms with Crippen LogP contribution in [0.1, 0.15) is 5.56 Å². The van der Waals surface area contributed by atoms with Crippen LogP contribution in [0.5, 0.6) is 0 Å². The van der Waals surface area contributed by atoms with Crippen molar-refractivity contribution < 1.29 is 4.39 Å². The summed E-state index contributed by atoms with van der Waals surface area (Å²) in [4.78, 5) is 28.3. The first-order chi connectivity index (χ1) is 13.1. The number of nitrogens with zero attached hydrogens (tertiary/aromatic N) is 2. The topological polar surface area (TPSA) is 52.7 Å². The molecule has 1 fully saturated rings. The number of nitrogens with one attached hydrogen (secondary N) is 1. The van der Waals surface area contributed by atoms with Crippen LogP contribution in [0.2, 0.25) is 0 Å². The third kappa shape index (κ3) is 3.30. The van der Waals surface area contributed by atoms with Crippen LogP contribution in [0.15, 0.2) is 64.2 Å². The van der Waals surface area contributed by atoms with Crippen LogP contribution in [0.25, 0.3) is 0 Å². The molecule has 27 heavy (non-hydrogen) atoms. The molecule has 1 N–H and O–H groups in total. The summed E-state index contributed by atoms with van der Waals surface area (Å²) >= 11 is 0. The van der Waals surface area contributed by atoms with Gasteiger partial charge in [0.1, 0.15) is 17.2 Å². The molecule has 0 aromatic heterocycles. The first kappa shape index (κ1) is 17.3. The fraction of sp³-hybridized carbons (Fsp3) is 0.238.